The summed E-state index contributed by atoms with van der Waals surface area (Å²) >= 11 is 0. The summed E-state index contributed by atoms with van der Waals surface area (Å²) in [6, 6.07) is 10.2. The Morgan fingerprint density at radius 2 is 2.07 bits per heavy atom. The first kappa shape index (κ1) is 9.71. The molecule has 0 atom stereocenters. The highest BCUT2D eigenvalue weighted by molar-refractivity contribution is 5.74. The van der Waals surface area contributed by atoms with Gasteiger partial charge in [-0.25, -0.2) is 0 Å². The van der Waals surface area contributed by atoms with E-state index in [9.17, 15) is 4.79 Å². The van der Waals surface area contributed by atoms with Gasteiger partial charge < -0.3 is 9.69 Å². The average Bonchev–Trinajstić information content (AvgIpc) is 2.32. The van der Waals surface area contributed by atoms with E-state index in [1.165, 1.54) is 11.1 Å². The van der Waals surface area contributed by atoms with E-state index in [1.54, 1.807) is 0 Å². The van der Waals surface area contributed by atoms with E-state index in [0.717, 1.165) is 12.8 Å². The van der Waals surface area contributed by atoms with E-state index in [4.69, 9.17) is 0 Å². The summed E-state index contributed by atoms with van der Waals surface area (Å²) in [7, 11) is 0. The number of carbonyl (C=O) groups excluding carboxylic acids is 1. The van der Waals surface area contributed by atoms with Crippen LogP contribution in [0.4, 0.5) is 0 Å². The van der Waals surface area contributed by atoms with Crippen molar-refractivity contribution in [2.75, 3.05) is 13.1 Å². The fraction of sp³-hybridized carbons (Fsp3) is 0.154. The van der Waals surface area contributed by atoms with E-state index in [2.05, 4.69) is 18.2 Å². The average molecular weight is 199 g/mol. The molecular weight excluding hydrogens is 186 g/mol. The number of nitrogens with zero attached hydrogens (tertiary/aromatic N) is 1. The fourth-order valence-corrected chi connectivity index (χ4v) is 1.61. The van der Waals surface area contributed by atoms with Gasteiger partial charge in [0.15, 0.2) is 0 Å². The molecule has 0 aromatic heterocycles. The third kappa shape index (κ3) is 2.34. The molecule has 0 bridgehead atoms. The van der Waals surface area contributed by atoms with Gasteiger partial charge in [0.05, 0.1) is 6.54 Å². The van der Waals surface area contributed by atoms with Crippen molar-refractivity contribution in [3.05, 3.63) is 54.2 Å². The van der Waals surface area contributed by atoms with E-state index in [0.29, 0.717) is 6.54 Å². The lowest BCUT2D eigenvalue weighted by molar-refractivity contribution is -0.108. The van der Waals surface area contributed by atoms with Crippen LogP contribution in [0, 0.1) is 0 Å². The Balaban J connectivity index is 2.10. The predicted molar refractivity (Wildman–Crippen MR) is 61.2 cm³/mol. The van der Waals surface area contributed by atoms with Crippen molar-refractivity contribution in [3.63, 3.8) is 0 Å². The van der Waals surface area contributed by atoms with Gasteiger partial charge in [-0.2, -0.15) is 0 Å². The number of benzene rings is 1. The Morgan fingerprint density at radius 1 is 1.27 bits per heavy atom. The molecule has 0 unspecified atom stereocenters. The molecule has 1 aliphatic heterocycles. The zero-order chi connectivity index (χ0) is 10.5. The lowest BCUT2D eigenvalue weighted by Crippen LogP contribution is -2.21. The maximum absolute atomic E-state index is 10.3. The maximum atomic E-state index is 10.3. The highest BCUT2D eigenvalue weighted by atomic mass is 16.1. The molecule has 1 aromatic carbocycles. The Kier molecular flexibility index (Phi) is 2.98. The van der Waals surface area contributed by atoms with Crippen molar-refractivity contribution in [2.45, 2.75) is 0 Å². The van der Waals surface area contributed by atoms with Gasteiger partial charge in [-0.15, -0.1) is 0 Å². The minimum absolute atomic E-state index is 0.467. The van der Waals surface area contributed by atoms with E-state index in [-0.39, 0.29) is 0 Å². The third-order valence-corrected chi connectivity index (χ3v) is 2.43. The standard InChI is InChI=1S/C13H13NO/c15-11-10-14-8-6-13(7-9-14)12-4-2-1-3-5-12/h1-8,11H,9-10H2. The number of hydrogen-bond acceptors (Lipinski definition) is 2. The first-order chi connectivity index (χ1) is 7.40. The van der Waals surface area contributed by atoms with E-state index < -0.39 is 0 Å². The molecule has 1 heterocycles. The second-order valence-corrected chi connectivity index (χ2v) is 3.46. The normalized spacial score (nSPS) is 14.9. The Labute approximate surface area is 89.5 Å². The lowest BCUT2D eigenvalue weighted by Gasteiger charge is -2.19. The molecule has 0 aliphatic carbocycles. The number of carbonyl (C=O) groups is 1. The second kappa shape index (κ2) is 4.60. The molecule has 2 rings (SSSR count). The van der Waals surface area contributed by atoms with Gasteiger partial charge in [-0.05, 0) is 17.2 Å². The van der Waals surface area contributed by atoms with Crippen LogP contribution in [0.2, 0.25) is 0 Å². The Morgan fingerprint density at radius 3 is 2.67 bits per heavy atom. The van der Waals surface area contributed by atoms with Gasteiger partial charge in [0.1, 0.15) is 6.29 Å². The summed E-state index contributed by atoms with van der Waals surface area (Å²) < 4.78 is 0. The summed E-state index contributed by atoms with van der Waals surface area (Å²) in [5.74, 6) is 0. The van der Waals surface area contributed by atoms with E-state index in [1.807, 2.05) is 35.4 Å². The van der Waals surface area contributed by atoms with Crippen LogP contribution in [-0.4, -0.2) is 24.3 Å². The molecule has 0 spiro atoms. The molecule has 1 aliphatic rings. The fourth-order valence-electron chi connectivity index (χ4n) is 1.61. The Hall–Kier alpha value is -1.83. The maximum Gasteiger partial charge on any atom is 0.139 e. The van der Waals surface area contributed by atoms with Gasteiger partial charge >= 0.3 is 0 Å². The number of hydrogen-bond donors (Lipinski definition) is 0. The van der Waals surface area contributed by atoms with Gasteiger partial charge in [-0.3, -0.25) is 0 Å². The minimum atomic E-state index is 0.467. The predicted octanol–water partition coefficient (Wildman–Crippen LogP) is 2.10. The summed E-state index contributed by atoms with van der Waals surface area (Å²) in [5, 5.41) is 0. The van der Waals surface area contributed by atoms with Gasteiger partial charge in [0.25, 0.3) is 0 Å². The molecule has 0 saturated heterocycles. The van der Waals surface area contributed by atoms with Crippen molar-refractivity contribution in [3.8, 4) is 0 Å². The zero-order valence-corrected chi connectivity index (χ0v) is 8.47. The van der Waals surface area contributed by atoms with E-state index >= 15 is 0 Å². The summed E-state index contributed by atoms with van der Waals surface area (Å²) in [6.07, 6.45) is 7.07. The topological polar surface area (TPSA) is 20.3 Å². The molecule has 0 fully saturated rings. The smallest absolute Gasteiger partial charge is 0.139 e. The van der Waals surface area contributed by atoms with Crippen LogP contribution in [0.15, 0.2) is 48.7 Å². The number of allylic oxidation sites excluding steroid dienone is 2. The number of aldehydes is 1. The number of rotatable bonds is 3. The highest BCUT2D eigenvalue weighted by Crippen LogP contribution is 2.18. The van der Waals surface area contributed by atoms with Crippen LogP contribution in [-0.2, 0) is 4.79 Å². The van der Waals surface area contributed by atoms with Crippen molar-refractivity contribution in [1.29, 1.82) is 0 Å². The molecule has 2 heteroatoms. The molecule has 76 valence electrons. The van der Waals surface area contributed by atoms with Crippen molar-refractivity contribution >= 4 is 11.9 Å². The molecular formula is C13H13NO. The molecule has 15 heavy (non-hydrogen) atoms. The molecule has 2 nitrogen and oxygen atoms in total. The van der Waals surface area contributed by atoms with Crippen LogP contribution in [0.3, 0.4) is 0 Å². The summed E-state index contributed by atoms with van der Waals surface area (Å²) in [6.45, 7) is 1.27. The molecule has 0 saturated carbocycles. The molecule has 0 N–H and O–H groups in total. The van der Waals surface area contributed by atoms with Gasteiger partial charge in [0.2, 0.25) is 0 Å². The first-order valence-electron chi connectivity index (χ1n) is 5.01. The summed E-state index contributed by atoms with van der Waals surface area (Å²) in [5.41, 5.74) is 2.44. The monoisotopic (exact) mass is 199 g/mol. The largest absolute Gasteiger partial charge is 0.367 e. The van der Waals surface area contributed by atoms with Crippen LogP contribution < -0.4 is 0 Å². The van der Waals surface area contributed by atoms with Gasteiger partial charge in [-0.1, -0.05) is 36.4 Å². The Bertz CT molecular complexity index is 392. The van der Waals surface area contributed by atoms with Crippen molar-refractivity contribution < 1.29 is 4.79 Å². The van der Waals surface area contributed by atoms with Gasteiger partial charge in [0, 0.05) is 12.7 Å². The summed E-state index contributed by atoms with van der Waals surface area (Å²) in [4.78, 5) is 12.3. The minimum Gasteiger partial charge on any atom is -0.367 e. The van der Waals surface area contributed by atoms with Crippen LogP contribution >= 0.6 is 0 Å². The molecule has 0 radical (unpaired) electrons. The van der Waals surface area contributed by atoms with Crippen LogP contribution in [0.25, 0.3) is 5.57 Å². The van der Waals surface area contributed by atoms with Crippen LogP contribution in [0.5, 0.6) is 0 Å². The van der Waals surface area contributed by atoms with Crippen LogP contribution in [0.1, 0.15) is 5.56 Å². The highest BCUT2D eigenvalue weighted by Gasteiger charge is 2.04. The third-order valence-electron chi connectivity index (χ3n) is 2.43. The van der Waals surface area contributed by atoms with Crippen molar-refractivity contribution in [2.24, 2.45) is 0 Å². The lowest BCUT2D eigenvalue weighted by atomic mass is 10.0. The zero-order valence-electron chi connectivity index (χ0n) is 8.47. The quantitative estimate of drug-likeness (QED) is 0.695. The molecule has 1 aromatic rings. The first-order valence-corrected chi connectivity index (χ1v) is 5.01. The SMILES string of the molecule is O=CCN1C=CC(c2ccccc2)=CC1. The van der Waals surface area contributed by atoms with Crippen molar-refractivity contribution in [1.82, 2.24) is 4.90 Å². The second-order valence-electron chi connectivity index (χ2n) is 3.46. The molecule has 0 amide bonds.